The van der Waals surface area contributed by atoms with Crippen molar-refractivity contribution in [2.75, 3.05) is 18.4 Å². The van der Waals surface area contributed by atoms with Crippen LogP contribution in [0.2, 0.25) is 0 Å². The first-order chi connectivity index (χ1) is 11.0. The lowest BCUT2D eigenvalue weighted by Gasteiger charge is -2.24. The van der Waals surface area contributed by atoms with Gasteiger partial charge in [0.25, 0.3) is 0 Å². The fourth-order valence-corrected chi connectivity index (χ4v) is 3.14. The topological polar surface area (TPSA) is 37.3 Å². The van der Waals surface area contributed by atoms with Gasteiger partial charge in [-0.25, -0.2) is 8.78 Å². The number of likely N-dealkylation sites (tertiary alicyclic amines) is 1. The van der Waals surface area contributed by atoms with E-state index in [0.29, 0.717) is 0 Å². The maximum absolute atomic E-state index is 13.6. The second-order valence-corrected chi connectivity index (χ2v) is 5.84. The van der Waals surface area contributed by atoms with Gasteiger partial charge in [-0.15, -0.1) is 0 Å². The minimum atomic E-state index is -0.639. The minimum Gasteiger partial charge on any atom is -0.353 e. The van der Waals surface area contributed by atoms with Crippen LogP contribution in [0.15, 0.2) is 36.5 Å². The number of carbonyl (C=O) groups is 1. The van der Waals surface area contributed by atoms with Crippen LogP contribution in [0.5, 0.6) is 0 Å². The van der Waals surface area contributed by atoms with E-state index < -0.39 is 11.6 Å². The molecule has 2 aromatic rings. The van der Waals surface area contributed by atoms with E-state index >= 15 is 0 Å². The van der Waals surface area contributed by atoms with E-state index in [4.69, 9.17) is 0 Å². The molecular formula is C17H19F2N3O. The van der Waals surface area contributed by atoms with Crippen LogP contribution in [0.1, 0.15) is 24.6 Å². The molecule has 1 aromatic carbocycles. The smallest absolute Gasteiger partial charge is 0.238 e. The summed E-state index contributed by atoms with van der Waals surface area (Å²) in [5.74, 6) is -1.56. The molecular weight excluding hydrogens is 300 g/mol. The average molecular weight is 319 g/mol. The second-order valence-electron chi connectivity index (χ2n) is 5.84. The Bertz CT molecular complexity index is 714. The monoisotopic (exact) mass is 319 g/mol. The zero-order valence-electron chi connectivity index (χ0n) is 12.9. The zero-order valence-corrected chi connectivity index (χ0v) is 12.9. The molecule has 1 atom stereocenters. The van der Waals surface area contributed by atoms with Crippen LogP contribution in [-0.2, 0) is 11.8 Å². The molecule has 1 saturated heterocycles. The van der Waals surface area contributed by atoms with Crippen LogP contribution in [0, 0.1) is 11.6 Å². The standard InChI is InChI=1S/C17H19F2N3O/c1-21-8-2-4-15(21)16-5-3-9-22(16)11-17(23)20-14-10-12(18)6-7-13(14)19/h2,4,6-8,10,16H,3,5,9,11H2,1H3,(H,20,23)/t16-/m0/s1. The van der Waals surface area contributed by atoms with Crippen LogP contribution in [0.4, 0.5) is 14.5 Å². The first-order valence-corrected chi connectivity index (χ1v) is 7.65. The molecule has 3 rings (SSSR count). The van der Waals surface area contributed by atoms with E-state index in [0.717, 1.165) is 43.3 Å². The lowest BCUT2D eigenvalue weighted by Crippen LogP contribution is -2.33. The first kappa shape index (κ1) is 15.7. The number of anilines is 1. The molecule has 0 radical (unpaired) electrons. The van der Waals surface area contributed by atoms with Crippen molar-refractivity contribution in [2.24, 2.45) is 7.05 Å². The van der Waals surface area contributed by atoms with E-state index in [1.165, 1.54) is 0 Å². The van der Waals surface area contributed by atoms with E-state index in [1.807, 2.05) is 29.9 Å². The number of amides is 1. The van der Waals surface area contributed by atoms with Crippen molar-refractivity contribution in [1.82, 2.24) is 9.47 Å². The van der Waals surface area contributed by atoms with Crippen molar-refractivity contribution in [1.29, 1.82) is 0 Å². The number of aromatic nitrogens is 1. The summed E-state index contributed by atoms with van der Waals surface area (Å²) in [4.78, 5) is 14.3. The fourth-order valence-electron chi connectivity index (χ4n) is 3.14. The van der Waals surface area contributed by atoms with Crippen molar-refractivity contribution < 1.29 is 13.6 Å². The predicted octanol–water partition coefficient (Wildman–Crippen LogP) is 3.08. The Morgan fingerprint density at radius 2 is 2.17 bits per heavy atom. The molecule has 0 aliphatic carbocycles. The second kappa shape index (κ2) is 6.50. The molecule has 1 fully saturated rings. The number of nitrogens with zero attached hydrogens (tertiary/aromatic N) is 2. The van der Waals surface area contributed by atoms with E-state index in [2.05, 4.69) is 10.2 Å². The summed E-state index contributed by atoms with van der Waals surface area (Å²) in [5, 5.41) is 2.46. The van der Waals surface area contributed by atoms with Gasteiger partial charge in [0.1, 0.15) is 11.6 Å². The molecule has 1 amide bonds. The van der Waals surface area contributed by atoms with Crippen LogP contribution in [0.3, 0.4) is 0 Å². The molecule has 0 bridgehead atoms. The third-order valence-electron chi connectivity index (χ3n) is 4.24. The predicted molar refractivity (Wildman–Crippen MR) is 83.9 cm³/mol. The number of hydrogen-bond donors (Lipinski definition) is 1. The molecule has 1 aliphatic heterocycles. The molecule has 6 heteroatoms. The summed E-state index contributed by atoms with van der Waals surface area (Å²) in [5.41, 5.74) is 1.04. The maximum atomic E-state index is 13.6. The molecule has 1 aliphatic rings. The maximum Gasteiger partial charge on any atom is 0.238 e. The molecule has 1 aromatic heterocycles. The van der Waals surface area contributed by atoms with Gasteiger partial charge in [0.15, 0.2) is 0 Å². The number of benzene rings is 1. The number of rotatable bonds is 4. The summed E-state index contributed by atoms with van der Waals surface area (Å²) >= 11 is 0. The third-order valence-corrected chi connectivity index (χ3v) is 4.24. The van der Waals surface area contributed by atoms with Crippen molar-refractivity contribution in [2.45, 2.75) is 18.9 Å². The molecule has 0 saturated carbocycles. The van der Waals surface area contributed by atoms with Gasteiger partial charge in [-0.2, -0.15) is 0 Å². The van der Waals surface area contributed by atoms with Gasteiger partial charge >= 0.3 is 0 Å². The average Bonchev–Trinajstić information content (AvgIpc) is 3.11. The molecule has 1 N–H and O–H groups in total. The highest BCUT2D eigenvalue weighted by molar-refractivity contribution is 5.92. The normalized spacial score (nSPS) is 18.3. The minimum absolute atomic E-state index is 0.121. The van der Waals surface area contributed by atoms with E-state index in [-0.39, 0.29) is 24.2 Å². The van der Waals surface area contributed by atoms with Crippen LogP contribution in [0.25, 0.3) is 0 Å². The summed E-state index contributed by atoms with van der Waals surface area (Å²) in [6.07, 6.45) is 3.98. The largest absolute Gasteiger partial charge is 0.353 e. The number of aryl methyl sites for hydroxylation is 1. The lowest BCUT2D eigenvalue weighted by atomic mass is 10.1. The number of carbonyl (C=O) groups excluding carboxylic acids is 1. The summed E-state index contributed by atoms with van der Waals surface area (Å²) in [6.45, 7) is 0.973. The van der Waals surface area contributed by atoms with Crippen molar-refractivity contribution in [3.05, 3.63) is 53.9 Å². The van der Waals surface area contributed by atoms with E-state index in [1.54, 1.807) is 0 Å². The Morgan fingerprint density at radius 3 is 2.91 bits per heavy atom. The van der Waals surface area contributed by atoms with Crippen molar-refractivity contribution >= 4 is 11.6 Å². The SMILES string of the molecule is Cn1cccc1[C@@H]1CCCN1CC(=O)Nc1cc(F)ccc1F. The Morgan fingerprint density at radius 1 is 1.35 bits per heavy atom. The highest BCUT2D eigenvalue weighted by Gasteiger charge is 2.29. The number of nitrogens with one attached hydrogen (secondary N) is 1. The van der Waals surface area contributed by atoms with Gasteiger partial charge < -0.3 is 9.88 Å². The summed E-state index contributed by atoms with van der Waals surface area (Å²) in [6, 6.07) is 7.23. The number of hydrogen-bond acceptors (Lipinski definition) is 2. The molecule has 0 unspecified atom stereocenters. The molecule has 4 nitrogen and oxygen atoms in total. The quantitative estimate of drug-likeness (QED) is 0.940. The Labute approximate surface area is 133 Å². The van der Waals surface area contributed by atoms with Crippen LogP contribution < -0.4 is 5.32 Å². The van der Waals surface area contributed by atoms with Gasteiger partial charge in [0.05, 0.1) is 18.3 Å². The van der Waals surface area contributed by atoms with Crippen LogP contribution in [-0.4, -0.2) is 28.5 Å². The Kier molecular flexibility index (Phi) is 4.43. The van der Waals surface area contributed by atoms with Gasteiger partial charge in [-0.1, -0.05) is 0 Å². The van der Waals surface area contributed by atoms with E-state index in [9.17, 15) is 13.6 Å². The molecule has 2 heterocycles. The molecule has 0 spiro atoms. The fraction of sp³-hybridized carbons (Fsp3) is 0.353. The summed E-state index contributed by atoms with van der Waals surface area (Å²) in [7, 11) is 1.98. The van der Waals surface area contributed by atoms with Gasteiger partial charge in [-0.3, -0.25) is 9.69 Å². The number of halogens is 2. The van der Waals surface area contributed by atoms with Gasteiger partial charge in [0.2, 0.25) is 5.91 Å². The Balaban J connectivity index is 1.67. The highest BCUT2D eigenvalue weighted by atomic mass is 19.1. The third kappa shape index (κ3) is 3.42. The van der Waals surface area contributed by atoms with Gasteiger partial charge in [-0.05, 0) is 43.7 Å². The van der Waals surface area contributed by atoms with Crippen molar-refractivity contribution in [3.8, 4) is 0 Å². The highest BCUT2D eigenvalue weighted by Crippen LogP contribution is 2.31. The molecule has 122 valence electrons. The van der Waals surface area contributed by atoms with Crippen molar-refractivity contribution in [3.63, 3.8) is 0 Å². The zero-order chi connectivity index (χ0) is 16.4. The first-order valence-electron chi connectivity index (χ1n) is 7.65. The lowest BCUT2D eigenvalue weighted by molar-refractivity contribution is -0.117. The van der Waals surface area contributed by atoms with Gasteiger partial charge in [0, 0.05) is 25.0 Å². The summed E-state index contributed by atoms with van der Waals surface area (Å²) < 4.78 is 28.8. The molecule has 23 heavy (non-hydrogen) atoms. The Hall–Kier alpha value is -2.21. The van der Waals surface area contributed by atoms with Crippen LogP contribution >= 0.6 is 0 Å².